The van der Waals surface area contributed by atoms with Gasteiger partial charge in [-0.15, -0.1) is 11.3 Å². The number of rotatable bonds is 5. The van der Waals surface area contributed by atoms with Crippen molar-refractivity contribution in [3.8, 4) is 5.75 Å². The molecule has 0 saturated carbocycles. The summed E-state index contributed by atoms with van der Waals surface area (Å²) in [5, 5.41) is 4.35. The van der Waals surface area contributed by atoms with Gasteiger partial charge in [-0.3, -0.25) is 4.79 Å². The highest BCUT2D eigenvalue weighted by molar-refractivity contribution is 7.13. The van der Waals surface area contributed by atoms with Gasteiger partial charge in [0.25, 0.3) is 5.91 Å². The highest BCUT2D eigenvalue weighted by Gasteiger charge is 2.31. The number of nitrogens with one attached hydrogen (secondary N) is 1. The first-order valence-corrected chi connectivity index (χ1v) is 10.2. The number of para-hydroxylation sites is 1. The highest BCUT2D eigenvalue weighted by Crippen LogP contribution is 2.32. The van der Waals surface area contributed by atoms with Crippen molar-refractivity contribution in [1.82, 2.24) is 15.2 Å². The lowest BCUT2D eigenvalue weighted by Gasteiger charge is -2.36. The number of methoxy groups -OCH3 is 1. The zero-order valence-corrected chi connectivity index (χ0v) is 16.6. The Morgan fingerprint density at radius 2 is 2.00 bits per heavy atom. The Morgan fingerprint density at radius 3 is 2.82 bits per heavy atom. The lowest BCUT2D eigenvalue weighted by molar-refractivity contribution is 0.0636. The summed E-state index contributed by atoms with van der Waals surface area (Å²) < 4.78 is 5.53. The van der Waals surface area contributed by atoms with Crippen LogP contribution < -0.4 is 10.1 Å². The second-order valence-corrected chi connectivity index (χ2v) is 7.86. The van der Waals surface area contributed by atoms with Gasteiger partial charge in [0, 0.05) is 31.6 Å². The number of ether oxygens (including phenoxy) is 1. The third-order valence-corrected chi connectivity index (χ3v) is 5.95. The molecule has 1 N–H and O–H groups in total. The fourth-order valence-electron chi connectivity index (χ4n) is 3.57. The maximum absolute atomic E-state index is 13.3. The van der Waals surface area contributed by atoms with E-state index >= 15 is 0 Å². The van der Waals surface area contributed by atoms with Crippen molar-refractivity contribution in [2.24, 2.45) is 0 Å². The molecule has 1 saturated heterocycles. The monoisotopic (exact) mass is 393 g/mol. The standard InChI is InChI=1S/C22H23N3O2S/c1-27-19-10-6-5-9-17(19)18-14-23-11-12-25(18)22(26)20-15-24-21(28-20)13-16-7-3-2-4-8-16/h2-10,15,18,23H,11-14H2,1H3. The average Bonchev–Trinajstić information content (AvgIpc) is 3.22. The van der Waals surface area contributed by atoms with E-state index in [2.05, 4.69) is 22.4 Å². The van der Waals surface area contributed by atoms with Crippen LogP contribution in [-0.4, -0.2) is 42.5 Å². The number of amides is 1. The summed E-state index contributed by atoms with van der Waals surface area (Å²) in [4.78, 5) is 20.4. The quantitative estimate of drug-likeness (QED) is 0.721. The molecule has 3 aromatic rings. The molecule has 1 fully saturated rings. The SMILES string of the molecule is COc1ccccc1C1CNCCN1C(=O)c1cnc(Cc2ccccc2)s1. The number of carbonyl (C=O) groups is 1. The van der Waals surface area contributed by atoms with E-state index in [4.69, 9.17) is 4.74 Å². The summed E-state index contributed by atoms with van der Waals surface area (Å²) in [6.07, 6.45) is 2.46. The molecule has 0 spiro atoms. The summed E-state index contributed by atoms with van der Waals surface area (Å²) in [6.45, 7) is 2.16. The molecule has 1 aromatic heterocycles. The van der Waals surface area contributed by atoms with Gasteiger partial charge in [-0.25, -0.2) is 4.98 Å². The molecule has 144 valence electrons. The third kappa shape index (κ3) is 3.93. The zero-order chi connectivity index (χ0) is 19.3. The van der Waals surface area contributed by atoms with Crippen molar-refractivity contribution in [1.29, 1.82) is 0 Å². The molecular weight excluding hydrogens is 370 g/mol. The lowest BCUT2D eigenvalue weighted by atomic mass is 10.0. The Bertz CT molecular complexity index is 942. The van der Waals surface area contributed by atoms with E-state index in [0.29, 0.717) is 18.0 Å². The summed E-state index contributed by atoms with van der Waals surface area (Å²) in [5.74, 6) is 0.845. The first kappa shape index (κ1) is 18.7. The molecule has 1 unspecified atom stereocenters. The number of benzene rings is 2. The van der Waals surface area contributed by atoms with Gasteiger partial charge in [-0.1, -0.05) is 48.5 Å². The Kier molecular flexibility index (Phi) is 5.69. The molecule has 1 atom stereocenters. The molecule has 0 aliphatic carbocycles. The molecule has 1 aliphatic heterocycles. The first-order valence-electron chi connectivity index (χ1n) is 9.39. The predicted octanol–water partition coefficient (Wildman–Crippen LogP) is 3.53. The van der Waals surface area contributed by atoms with Crippen LogP contribution in [0.25, 0.3) is 0 Å². The molecule has 28 heavy (non-hydrogen) atoms. The molecule has 0 bridgehead atoms. The Labute approximate surface area is 169 Å². The predicted molar refractivity (Wildman–Crippen MR) is 111 cm³/mol. The number of hydrogen-bond donors (Lipinski definition) is 1. The maximum Gasteiger partial charge on any atom is 0.266 e. The van der Waals surface area contributed by atoms with Crippen molar-refractivity contribution < 1.29 is 9.53 Å². The minimum absolute atomic E-state index is 0.0363. The van der Waals surface area contributed by atoms with Crippen LogP contribution in [0.1, 0.15) is 31.8 Å². The second-order valence-electron chi connectivity index (χ2n) is 6.74. The van der Waals surface area contributed by atoms with Gasteiger partial charge in [0.2, 0.25) is 0 Å². The fourth-order valence-corrected chi connectivity index (χ4v) is 4.48. The van der Waals surface area contributed by atoms with E-state index in [9.17, 15) is 4.79 Å². The van der Waals surface area contributed by atoms with Gasteiger partial charge < -0.3 is 15.0 Å². The number of carbonyl (C=O) groups excluding carboxylic acids is 1. The van der Waals surface area contributed by atoms with Crippen LogP contribution in [0.15, 0.2) is 60.8 Å². The smallest absolute Gasteiger partial charge is 0.266 e. The highest BCUT2D eigenvalue weighted by atomic mass is 32.1. The fraction of sp³-hybridized carbons (Fsp3) is 0.273. The number of nitrogens with zero attached hydrogens (tertiary/aromatic N) is 2. The lowest BCUT2D eigenvalue weighted by Crippen LogP contribution is -2.48. The van der Waals surface area contributed by atoms with Crippen LogP contribution in [0.3, 0.4) is 0 Å². The topological polar surface area (TPSA) is 54.5 Å². The molecule has 2 heterocycles. The molecule has 4 rings (SSSR count). The molecule has 6 heteroatoms. The van der Waals surface area contributed by atoms with Crippen molar-refractivity contribution in [2.75, 3.05) is 26.7 Å². The van der Waals surface area contributed by atoms with E-state index in [1.165, 1.54) is 16.9 Å². The van der Waals surface area contributed by atoms with Crippen LogP contribution in [0.5, 0.6) is 5.75 Å². The van der Waals surface area contributed by atoms with Crippen molar-refractivity contribution in [3.05, 3.63) is 81.8 Å². The van der Waals surface area contributed by atoms with E-state index in [1.54, 1.807) is 13.3 Å². The van der Waals surface area contributed by atoms with Crippen LogP contribution in [0.2, 0.25) is 0 Å². The average molecular weight is 394 g/mol. The second kappa shape index (κ2) is 8.54. The van der Waals surface area contributed by atoms with Gasteiger partial charge in [0.15, 0.2) is 0 Å². The summed E-state index contributed by atoms with van der Waals surface area (Å²) in [5.41, 5.74) is 2.23. The van der Waals surface area contributed by atoms with Crippen molar-refractivity contribution in [3.63, 3.8) is 0 Å². The zero-order valence-electron chi connectivity index (χ0n) is 15.8. The molecular formula is C22H23N3O2S. The molecule has 2 aromatic carbocycles. The Balaban J connectivity index is 1.56. The maximum atomic E-state index is 13.3. The van der Waals surface area contributed by atoms with Gasteiger partial charge >= 0.3 is 0 Å². The van der Waals surface area contributed by atoms with E-state index < -0.39 is 0 Å². The van der Waals surface area contributed by atoms with Crippen LogP contribution in [0.4, 0.5) is 0 Å². The van der Waals surface area contributed by atoms with Crippen LogP contribution in [0, 0.1) is 0 Å². The van der Waals surface area contributed by atoms with E-state index in [0.717, 1.165) is 29.3 Å². The number of aromatic nitrogens is 1. The van der Waals surface area contributed by atoms with Gasteiger partial charge in [-0.2, -0.15) is 0 Å². The summed E-state index contributed by atoms with van der Waals surface area (Å²) >= 11 is 1.48. The van der Waals surface area contributed by atoms with Gasteiger partial charge in [-0.05, 0) is 11.6 Å². The van der Waals surface area contributed by atoms with Crippen LogP contribution >= 0.6 is 11.3 Å². The van der Waals surface area contributed by atoms with Crippen LogP contribution in [-0.2, 0) is 6.42 Å². The molecule has 5 nitrogen and oxygen atoms in total. The normalized spacial score (nSPS) is 16.8. The van der Waals surface area contributed by atoms with E-state index in [-0.39, 0.29) is 11.9 Å². The number of thiazole rings is 1. The Hall–Kier alpha value is -2.70. The number of piperazine rings is 1. The Morgan fingerprint density at radius 1 is 1.21 bits per heavy atom. The van der Waals surface area contributed by atoms with Crippen molar-refractivity contribution in [2.45, 2.75) is 12.5 Å². The minimum atomic E-state index is -0.0583. The van der Waals surface area contributed by atoms with Crippen molar-refractivity contribution >= 4 is 17.2 Å². The number of hydrogen-bond acceptors (Lipinski definition) is 5. The molecule has 1 amide bonds. The summed E-state index contributed by atoms with van der Waals surface area (Å²) in [6, 6.07) is 18.1. The largest absolute Gasteiger partial charge is 0.496 e. The van der Waals surface area contributed by atoms with Gasteiger partial charge in [0.05, 0.1) is 24.4 Å². The summed E-state index contributed by atoms with van der Waals surface area (Å²) in [7, 11) is 1.67. The van der Waals surface area contributed by atoms with E-state index in [1.807, 2.05) is 47.4 Å². The molecule has 1 aliphatic rings. The minimum Gasteiger partial charge on any atom is -0.496 e. The molecule has 0 radical (unpaired) electrons. The van der Waals surface area contributed by atoms with Gasteiger partial charge in [0.1, 0.15) is 10.6 Å². The third-order valence-electron chi connectivity index (χ3n) is 4.96. The first-order chi connectivity index (χ1) is 13.8.